The molecule has 0 bridgehead atoms. The summed E-state index contributed by atoms with van der Waals surface area (Å²) in [5.74, 6) is 7.67. The number of hydrogen-bond donors (Lipinski definition) is 0. The average Bonchev–Trinajstić information content (AvgIpc) is 3.45. The van der Waals surface area contributed by atoms with Crippen molar-refractivity contribution in [3.05, 3.63) is 52.0 Å². The predicted octanol–water partition coefficient (Wildman–Crippen LogP) is 3.05. The molecule has 0 atom stereocenters. The van der Waals surface area contributed by atoms with E-state index in [0.717, 1.165) is 41.6 Å². The van der Waals surface area contributed by atoms with E-state index in [0.29, 0.717) is 24.7 Å². The summed E-state index contributed by atoms with van der Waals surface area (Å²) >= 11 is 3.34. The van der Waals surface area contributed by atoms with E-state index < -0.39 is 0 Å². The highest BCUT2D eigenvalue weighted by Gasteiger charge is 2.27. The van der Waals surface area contributed by atoms with Crippen molar-refractivity contribution in [2.45, 2.75) is 18.8 Å². The molecule has 1 aromatic carbocycles. The van der Waals surface area contributed by atoms with Crippen molar-refractivity contribution in [2.75, 3.05) is 31.3 Å². The van der Waals surface area contributed by atoms with Gasteiger partial charge in [-0.1, -0.05) is 24.1 Å². The molecular formula is C21H21N3O2S2. The Hall–Kier alpha value is -2.30. The van der Waals surface area contributed by atoms with Crippen molar-refractivity contribution in [1.29, 1.82) is 0 Å². The van der Waals surface area contributed by atoms with Gasteiger partial charge >= 0.3 is 0 Å². The normalized spacial score (nSPS) is 17.3. The quantitative estimate of drug-likeness (QED) is 0.713. The van der Waals surface area contributed by atoms with Crippen molar-refractivity contribution < 1.29 is 9.59 Å². The minimum Gasteiger partial charge on any atom is -0.332 e. The standard InChI is InChI=1S/C21H21N3O2S2/c25-19(7-6-16-4-2-1-3-5-16)23-10-8-17(9-11-23)20-22-18(14-28-20)21(26)24-12-13-27-15-24/h1-5,14,17H,8-13,15H2. The Morgan fingerprint density at radius 1 is 1.07 bits per heavy atom. The number of aromatic nitrogens is 1. The smallest absolute Gasteiger partial charge is 0.298 e. The fraction of sp³-hybridized carbons (Fsp3) is 0.381. The summed E-state index contributed by atoms with van der Waals surface area (Å²) in [6.07, 6.45) is 1.72. The highest BCUT2D eigenvalue weighted by atomic mass is 32.2. The lowest BCUT2D eigenvalue weighted by atomic mass is 9.97. The molecule has 0 N–H and O–H groups in total. The van der Waals surface area contributed by atoms with Gasteiger partial charge in [-0.15, -0.1) is 23.1 Å². The highest BCUT2D eigenvalue weighted by Crippen LogP contribution is 2.31. The van der Waals surface area contributed by atoms with E-state index in [1.54, 1.807) is 23.1 Å². The number of rotatable bonds is 2. The number of piperidine rings is 1. The summed E-state index contributed by atoms with van der Waals surface area (Å²) < 4.78 is 0. The first-order valence-electron chi connectivity index (χ1n) is 9.39. The van der Waals surface area contributed by atoms with Gasteiger partial charge in [0.15, 0.2) is 0 Å². The molecule has 0 aliphatic carbocycles. The Morgan fingerprint density at radius 3 is 2.57 bits per heavy atom. The molecule has 0 unspecified atom stereocenters. The van der Waals surface area contributed by atoms with Crippen LogP contribution in [0.25, 0.3) is 0 Å². The van der Waals surface area contributed by atoms with E-state index >= 15 is 0 Å². The number of hydrogen-bond acceptors (Lipinski definition) is 5. The van der Waals surface area contributed by atoms with E-state index in [-0.39, 0.29) is 11.8 Å². The number of nitrogens with zero attached hydrogens (tertiary/aromatic N) is 3. The molecule has 144 valence electrons. The summed E-state index contributed by atoms with van der Waals surface area (Å²) in [7, 11) is 0. The number of likely N-dealkylation sites (tertiary alicyclic amines) is 1. The first-order chi connectivity index (χ1) is 13.7. The van der Waals surface area contributed by atoms with Crippen LogP contribution in [0.5, 0.6) is 0 Å². The fourth-order valence-electron chi connectivity index (χ4n) is 3.37. The molecule has 2 saturated heterocycles. The summed E-state index contributed by atoms with van der Waals surface area (Å²) in [5, 5.41) is 2.89. The zero-order chi connectivity index (χ0) is 19.3. The van der Waals surface area contributed by atoms with Crippen LogP contribution in [0.4, 0.5) is 0 Å². The molecule has 5 nitrogen and oxygen atoms in total. The third-order valence-electron chi connectivity index (χ3n) is 5.00. The summed E-state index contributed by atoms with van der Waals surface area (Å²) in [5.41, 5.74) is 1.41. The highest BCUT2D eigenvalue weighted by molar-refractivity contribution is 7.99. The second-order valence-electron chi connectivity index (χ2n) is 6.86. The van der Waals surface area contributed by atoms with E-state index in [4.69, 9.17) is 0 Å². The molecule has 2 fully saturated rings. The van der Waals surface area contributed by atoms with Crippen molar-refractivity contribution in [2.24, 2.45) is 0 Å². The zero-order valence-electron chi connectivity index (χ0n) is 15.5. The number of thiazole rings is 1. The summed E-state index contributed by atoms with van der Waals surface area (Å²) in [4.78, 5) is 33.1. The fourth-order valence-corrected chi connectivity index (χ4v) is 5.28. The molecule has 2 aliphatic rings. The van der Waals surface area contributed by atoms with Crippen molar-refractivity contribution in [1.82, 2.24) is 14.8 Å². The molecular weight excluding hydrogens is 390 g/mol. The first kappa shape index (κ1) is 19.0. The van der Waals surface area contributed by atoms with Crippen molar-refractivity contribution in [3.8, 4) is 11.8 Å². The third-order valence-corrected chi connectivity index (χ3v) is 6.97. The molecule has 4 rings (SSSR count). The Labute approximate surface area is 173 Å². The second-order valence-corrected chi connectivity index (χ2v) is 8.82. The summed E-state index contributed by atoms with van der Waals surface area (Å²) in [6.45, 7) is 2.16. The van der Waals surface area contributed by atoms with E-state index in [1.165, 1.54) is 0 Å². The SMILES string of the molecule is O=C(C#Cc1ccccc1)N1CCC(c2nc(C(=O)N3CCSC3)cs2)CC1. The van der Waals surface area contributed by atoms with Crippen LogP contribution in [0, 0.1) is 11.8 Å². The lowest BCUT2D eigenvalue weighted by Crippen LogP contribution is -2.37. The van der Waals surface area contributed by atoms with Crippen LogP contribution < -0.4 is 0 Å². The molecule has 2 aliphatic heterocycles. The van der Waals surface area contributed by atoms with Crippen molar-refractivity contribution in [3.63, 3.8) is 0 Å². The van der Waals surface area contributed by atoms with Gasteiger partial charge < -0.3 is 9.80 Å². The maximum atomic E-state index is 12.5. The lowest BCUT2D eigenvalue weighted by Gasteiger charge is -2.29. The minimum absolute atomic E-state index is 0.0382. The van der Waals surface area contributed by atoms with Crippen LogP contribution in [-0.2, 0) is 4.79 Å². The maximum absolute atomic E-state index is 12.5. The van der Waals surface area contributed by atoms with Gasteiger partial charge in [0.2, 0.25) is 0 Å². The monoisotopic (exact) mass is 411 g/mol. The van der Waals surface area contributed by atoms with Gasteiger partial charge in [-0.25, -0.2) is 4.98 Å². The molecule has 3 heterocycles. The van der Waals surface area contributed by atoms with Gasteiger partial charge in [0.25, 0.3) is 11.8 Å². The summed E-state index contributed by atoms with van der Waals surface area (Å²) in [6, 6.07) is 9.55. The molecule has 28 heavy (non-hydrogen) atoms. The lowest BCUT2D eigenvalue weighted by molar-refractivity contribution is -0.126. The largest absolute Gasteiger partial charge is 0.332 e. The first-order valence-corrected chi connectivity index (χ1v) is 11.4. The number of benzene rings is 1. The Kier molecular flexibility index (Phi) is 5.98. The van der Waals surface area contributed by atoms with Crippen molar-refractivity contribution >= 4 is 34.9 Å². The number of carbonyl (C=O) groups is 2. The van der Waals surface area contributed by atoms with Gasteiger partial charge in [-0.2, -0.15) is 0 Å². The van der Waals surface area contributed by atoms with Gasteiger partial charge in [0.1, 0.15) is 5.69 Å². The van der Waals surface area contributed by atoms with Crippen LogP contribution in [0.1, 0.15) is 39.8 Å². The number of carbonyl (C=O) groups excluding carboxylic acids is 2. The van der Waals surface area contributed by atoms with E-state index in [2.05, 4.69) is 16.8 Å². The van der Waals surface area contributed by atoms with Crippen LogP contribution >= 0.6 is 23.1 Å². The Morgan fingerprint density at radius 2 is 1.86 bits per heavy atom. The topological polar surface area (TPSA) is 53.5 Å². The molecule has 0 saturated carbocycles. The molecule has 0 spiro atoms. The van der Waals surface area contributed by atoms with Crippen LogP contribution in [0.2, 0.25) is 0 Å². The van der Waals surface area contributed by atoms with E-state index in [1.807, 2.05) is 45.5 Å². The molecule has 7 heteroatoms. The van der Waals surface area contributed by atoms with Gasteiger partial charge in [0.05, 0.1) is 10.9 Å². The van der Waals surface area contributed by atoms with Crippen LogP contribution in [0.3, 0.4) is 0 Å². The molecule has 1 aromatic heterocycles. The Bertz CT molecular complexity index is 902. The molecule has 2 amide bonds. The third kappa shape index (κ3) is 4.40. The zero-order valence-corrected chi connectivity index (χ0v) is 17.1. The van der Waals surface area contributed by atoms with Crippen LogP contribution in [-0.4, -0.2) is 57.9 Å². The van der Waals surface area contributed by atoms with Gasteiger partial charge in [0, 0.05) is 48.2 Å². The van der Waals surface area contributed by atoms with Gasteiger partial charge in [-0.3, -0.25) is 9.59 Å². The second kappa shape index (κ2) is 8.80. The minimum atomic E-state index is -0.121. The number of amides is 2. The average molecular weight is 412 g/mol. The van der Waals surface area contributed by atoms with Gasteiger partial charge in [-0.05, 0) is 25.0 Å². The predicted molar refractivity (Wildman–Crippen MR) is 112 cm³/mol. The number of thioether (sulfide) groups is 1. The maximum Gasteiger partial charge on any atom is 0.298 e. The molecule has 2 aromatic rings. The Balaban J connectivity index is 1.32. The molecule has 0 radical (unpaired) electrons. The van der Waals surface area contributed by atoms with Crippen LogP contribution in [0.15, 0.2) is 35.7 Å². The van der Waals surface area contributed by atoms with E-state index in [9.17, 15) is 9.59 Å².